The molecule has 1 heterocycles. The minimum absolute atomic E-state index is 0.0374. The number of halogens is 1. The number of carbonyl (C=O) groups is 1. The van der Waals surface area contributed by atoms with E-state index in [4.69, 9.17) is 16.1 Å². The highest BCUT2D eigenvalue weighted by Crippen LogP contribution is 2.30. The van der Waals surface area contributed by atoms with E-state index in [0.29, 0.717) is 22.0 Å². The molecule has 0 amide bonds. The summed E-state index contributed by atoms with van der Waals surface area (Å²) < 4.78 is 5.14. The van der Waals surface area contributed by atoms with Gasteiger partial charge in [-0.1, -0.05) is 42.7 Å². The normalized spacial score (nSPS) is 10.9. The fraction of sp³-hybridized carbons (Fsp3) is 0.231. The van der Waals surface area contributed by atoms with Crippen LogP contribution in [0.15, 0.2) is 28.8 Å². The van der Waals surface area contributed by atoms with Gasteiger partial charge in [-0.05, 0) is 12.1 Å². The number of rotatable bonds is 3. The molecule has 1 aromatic heterocycles. The molecule has 0 atom stereocenters. The number of carboxylic acids is 1. The summed E-state index contributed by atoms with van der Waals surface area (Å²) in [5.74, 6) is -0.693. The lowest BCUT2D eigenvalue weighted by Gasteiger charge is -2.01. The molecule has 5 heteroatoms. The van der Waals surface area contributed by atoms with Crippen LogP contribution in [0, 0.1) is 0 Å². The molecule has 1 N–H and O–H groups in total. The predicted octanol–water partition coefficient (Wildman–Crippen LogP) is 3.82. The Kier molecular flexibility index (Phi) is 3.39. The molecule has 0 spiro atoms. The van der Waals surface area contributed by atoms with Crippen LogP contribution in [0.5, 0.6) is 0 Å². The molecule has 0 aliphatic carbocycles. The maximum Gasteiger partial charge on any atom is 0.341 e. The summed E-state index contributed by atoms with van der Waals surface area (Å²) in [6.07, 6.45) is 0. The van der Waals surface area contributed by atoms with Crippen molar-refractivity contribution in [3.05, 3.63) is 40.6 Å². The first-order valence-electron chi connectivity index (χ1n) is 5.49. The fourth-order valence-electron chi connectivity index (χ4n) is 1.71. The van der Waals surface area contributed by atoms with Crippen molar-refractivity contribution in [2.24, 2.45) is 0 Å². The van der Waals surface area contributed by atoms with Crippen molar-refractivity contribution in [1.82, 2.24) is 5.16 Å². The maximum atomic E-state index is 11.3. The van der Waals surface area contributed by atoms with Crippen molar-refractivity contribution in [2.45, 2.75) is 19.8 Å². The molecule has 0 bridgehead atoms. The smallest absolute Gasteiger partial charge is 0.341 e. The molecule has 2 aromatic rings. The molecule has 0 radical (unpaired) electrons. The highest BCUT2D eigenvalue weighted by molar-refractivity contribution is 6.30. The monoisotopic (exact) mass is 265 g/mol. The SMILES string of the molecule is CC(C)c1onc(-c2ccc(Cl)cc2)c1C(=O)O. The first kappa shape index (κ1) is 12.6. The maximum absolute atomic E-state index is 11.3. The highest BCUT2D eigenvalue weighted by Gasteiger charge is 2.25. The summed E-state index contributed by atoms with van der Waals surface area (Å²) in [5.41, 5.74) is 1.13. The van der Waals surface area contributed by atoms with Crippen molar-refractivity contribution in [2.75, 3.05) is 0 Å². The van der Waals surface area contributed by atoms with E-state index < -0.39 is 5.97 Å². The van der Waals surface area contributed by atoms with Gasteiger partial charge < -0.3 is 9.63 Å². The van der Waals surface area contributed by atoms with Crippen LogP contribution in [0.4, 0.5) is 0 Å². The van der Waals surface area contributed by atoms with E-state index in [1.807, 2.05) is 13.8 Å². The lowest BCUT2D eigenvalue weighted by molar-refractivity contribution is 0.0694. The summed E-state index contributed by atoms with van der Waals surface area (Å²) in [5, 5.41) is 13.7. The fourth-order valence-corrected chi connectivity index (χ4v) is 1.83. The number of aromatic carboxylic acids is 1. The standard InChI is InChI=1S/C13H12ClNO3/c1-7(2)12-10(13(16)17)11(15-18-12)8-3-5-9(14)6-4-8/h3-7H,1-2H3,(H,16,17). The van der Waals surface area contributed by atoms with Crippen molar-refractivity contribution in [3.63, 3.8) is 0 Å². The molecule has 0 saturated carbocycles. The third-order valence-corrected chi connectivity index (χ3v) is 2.83. The molecule has 0 aliphatic rings. The van der Waals surface area contributed by atoms with E-state index in [1.165, 1.54) is 0 Å². The van der Waals surface area contributed by atoms with Crippen LogP contribution in [-0.2, 0) is 0 Å². The summed E-state index contributed by atoms with van der Waals surface area (Å²) in [7, 11) is 0. The molecule has 2 rings (SSSR count). The third-order valence-electron chi connectivity index (χ3n) is 2.57. The Morgan fingerprint density at radius 2 is 1.94 bits per heavy atom. The van der Waals surface area contributed by atoms with Gasteiger partial charge >= 0.3 is 5.97 Å². The topological polar surface area (TPSA) is 63.3 Å². The number of carboxylic acid groups (broad SMARTS) is 1. The molecular weight excluding hydrogens is 254 g/mol. The Morgan fingerprint density at radius 1 is 1.33 bits per heavy atom. The third kappa shape index (κ3) is 2.24. The quantitative estimate of drug-likeness (QED) is 0.916. The largest absolute Gasteiger partial charge is 0.477 e. The number of aromatic nitrogens is 1. The first-order valence-corrected chi connectivity index (χ1v) is 5.87. The van der Waals surface area contributed by atoms with E-state index >= 15 is 0 Å². The Bertz CT molecular complexity index is 572. The zero-order valence-electron chi connectivity index (χ0n) is 9.98. The predicted molar refractivity (Wildman–Crippen MR) is 68.0 cm³/mol. The summed E-state index contributed by atoms with van der Waals surface area (Å²) in [4.78, 5) is 11.3. The second kappa shape index (κ2) is 4.82. The Hall–Kier alpha value is -1.81. The van der Waals surface area contributed by atoms with Gasteiger partial charge in [0.1, 0.15) is 11.3 Å². The van der Waals surface area contributed by atoms with Crippen molar-refractivity contribution in [1.29, 1.82) is 0 Å². The second-order valence-corrected chi connectivity index (χ2v) is 4.67. The summed E-state index contributed by atoms with van der Waals surface area (Å²) in [6.45, 7) is 3.72. The average Bonchev–Trinajstić information content (AvgIpc) is 2.74. The van der Waals surface area contributed by atoms with Crippen molar-refractivity contribution in [3.8, 4) is 11.3 Å². The summed E-state index contributed by atoms with van der Waals surface area (Å²) >= 11 is 5.80. The second-order valence-electron chi connectivity index (χ2n) is 4.24. The van der Waals surface area contributed by atoms with Gasteiger partial charge in [-0.15, -0.1) is 0 Å². The van der Waals surface area contributed by atoms with Gasteiger partial charge in [0.15, 0.2) is 5.76 Å². The lowest BCUT2D eigenvalue weighted by atomic mass is 10.0. The lowest BCUT2D eigenvalue weighted by Crippen LogP contribution is -2.02. The van der Waals surface area contributed by atoms with Crippen LogP contribution < -0.4 is 0 Å². The first-order chi connectivity index (χ1) is 8.50. The van der Waals surface area contributed by atoms with E-state index in [-0.39, 0.29) is 11.5 Å². The minimum Gasteiger partial charge on any atom is -0.477 e. The van der Waals surface area contributed by atoms with E-state index in [1.54, 1.807) is 24.3 Å². The molecular formula is C13H12ClNO3. The molecule has 0 aliphatic heterocycles. The molecule has 18 heavy (non-hydrogen) atoms. The van der Waals surface area contributed by atoms with Crippen LogP contribution in [0.1, 0.15) is 35.9 Å². The molecule has 94 valence electrons. The molecule has 0 fully saturated rings. The van der Waals surface area contributed by atoms with Gasteiger partial charge in [-0.25, -0.2) is 4.79 Å². The highest BCUT2D eigenvalue weighted by atomic mass is 35.5. The Labute approximate surface area is 109 Å². The zero-order valence-corrected chi connectivity index (χ0v) is 10.7. The van der Waals surface area contributed by atoms with E-state index in [9.17, 15) is 9.90 Å². The average molecular weight is 266 g/mol. The van der Waals surface area contributed by atoms with Crippen molar-refractivity contribution >= 4 is 17.6 Å². The van der Waals surface area contributed by atoms with Crippen LogP contribution in [0.2, 0.25) is 5.02 Å². The van der Waals surface area contributed by atoms with Crippen LogP contribution in [-0.4, -0.2) is 16.2 Å². The molecule has 4 nitrogen and oxygen atoms in total. The molecule has 0 unspecified atom stereocenters. The zero-order chi connectivity index (χ0) is 13.3. The number of benzene rings is 1. The Balaban J connectivity index is 2.58. The molecule has 1 aromatic carbocycles. The van der Waals surface area contributed by atoms with Crippen molar-refractivity contribution < 1.29 is 14.4 Å². The number of hydrogen-bond donors (Lipinski definition) is 1. The summed E-state index contributed by atoms with van der Waals surface area (Å²) in [6, 6.07) is 6.81. The minimum atomic E-state index is -1.04. The van der Waals surface area contributed by atoms with E-state index in [0.717, 1.165) is 0 Å². The van der Waals surface area contributed by atoms with Gasteiger partial charge in [0, 0.05) is 16.5 Å². The van der Waals surface area contributed by atoms with Gasteiger partial charge in [0.25, 0.3) is 0 Å². The Morgan fingerprint density at radius 3 is 2.44 bits per heavy atom. The van der Waals surface area contributed by atoms with Gasteiger partial charge in [0.05, 0.1) is 0 Å². The van der Waals surface area contributed by atoms with Crippen LogP contribution >= 0.6 is 11.6 Å². The van der Waals surface area contributed by atoms with Crippen LogP contribution in [0.3, 0.4) is 0 Å². The van der Waals surface area contributed by atoms with E-state index in [2.05, 4.69) is 5.16 Å². The van der Waals surface area contributed by atoms with Gasteiger partial charge in [-0.2, -0.15) is 0 Å². The number of nitrogens with zero attached hydrogens (tertiary/aromatic N) is 1. The van der Waals surface area contributed by atoms with Gasteiger partial charge in [0.2, 0.25) is 0 Å². The molecule has 0 saturated heterocycles. The number of hydrogen-bond acceptors (Lipinski definition) is 3. The van der Waals surface area contributed by atoms with Gasteiger partial charge in [-0.3, -0.25) is 0 Å². The van der Waals surface area contributed by atoms with Crippen LogP contribution in [0.25, 0.3) is 11.3 Å².